The number of hydrogen-bond donors (Lipinski definition) is 1. The van der Waals surface area contributed by atoms with Crippen LogP contribution in [-0.2, 0) is 0 Å². The summed E-state index contributed by atoms with van der Waals surface area (Å²) in [6.07, 6.45) is 6.85. The van der Waals surface area contributed by atoms with E-state index in [0.717, 1.165) is 22.0 Å². The molecule has 0 atom stereocenters. The molecule has 0 spiro atoms. The maximum absolute atomic E-state index is 12.0. The van der Waals surface area contributed by atoms with Crippen molar-refractivity contribution in [3.8, 4) is 0 Å². The number of carbonyl (C=O) groups excluding carboxylic acids is 1. The van der Waals surface area contributed by atoms with Crippen molar-refractivity contribution in [2.75, 3.05) is 12.3 Å². The van der Waals surface area contributed by atoms with Gasteiger partial charge >= 0.3 is 0 Å². The third kappa shape index (κ3) is 4.84. The highest BCUT2D eigenvalue weighted by molar-refractivity contribution is 9.10. The van der Waals surface area contributed by atoms with Gasteiger partial charge in [0.1, 0.15) is 0 Å². The van der Waals surface area contributed by atoms with Crippen LogP contribution in [0.3, 0.4) is 0 Å². The Kier molecular flexibility index (Phi) is 6.24. The lowest BCUT2D eigenvalue weighted by atomic mass is 10.0. The molecule has 0 bridgehead atoms. The quantitative estimate of drug-likeness (QED) is 0.811. The molecular weight excluding hydrogens is 322 g/mol. The SMILES string of the molecule is O=C(NCCSC1CCCCC1)c1ccccc1Br. The highest BCUT2D eigenvalue weighted by Crippen LogP contribution is 2.27. The standard InChI is InChI=1S/C15H20BrNOS/c16-14-9-5-4-8-13(14)15(18)17-10-11-19-12-6-2-1-3-7-12/h4-5,8-9,12H,1-3,6-7,10-11H2,(H,17,18). The molecule has 1 aromatic rings. The van der Waals surface area contributed by atoms with Crippen LogP contribution in [-0.4, -0.2) is 23.5 Å². The van der Waals surface area contributed by atoms with Crippen LogP contribution in [0.1, 0.15) is 42.5 Å². The molecule has 4 heteroatoms. The average Bonchev–Trinajstić information content (AvgIpc) is 2.45. The van der Waals surface area contributed by atoms with Crippen molar-refractivity contribution in [1.82, 2.24) is 5.32 Å². The predicted molar refractivity (Wildman–Crippen MR) is 85.8 cm³/mol. The second kappa shape index (κ2) is 7.95. The van der Waals surface area contributed by atoms with E-state index in [2.05, 4.69) is 21.2 Å². The fourth-order valence-electron chi connectivity index (χ4n) is 2.36. The zero-order valence-electron chi connectivity index (χ0n) is 11.0. The fraction of sp³-hybridized carbons (Fsp3) is 0.533. The molecule has 104 valence electrons. The smallest absolute Gasteiger partial charge is 0.252 e. The van der Waals surface area contributed by atoms with Gasteiger partial charge in [0, 0.05) is 22.0 Å². The van der Waals surface area contributed by atoms with Crippen LogP contribution in [0.4, 0.5) is 0 Å². The molecule has 1 aliphatic carbocycles. The van der Waals surface area contributed by atoms with E-state index in [0.29, 0.717) is 5.56 Å². The number of hydrogen-bond acceptors (Lipinski definition) is 2. The highest BCUT2D eigenvalue weighted by atomic mass is 79.9. The summed E-state index contributed by atoms with van der Waals surface area (Å²) in [5.74, 6) is 1.03. The van der Waals surface area contributed by atoms with Crippen LogP contribution in [0.25, 0.3) is 0 Å². The van der Waals surface area contributed by atoms with Gasteiger partial charge in [-0.2, -0.15) is 11.8 Å². The first kappa shape index (κ1) is 14.9. The number of rotatable bonds is 5. The van der Waals surface area contributed by atoms with Crippen molar-refractivity contribution in [3.63, 3.8) is 0 Å². The van der Waals surface area contributed by atoms with Crippen molar-refractivity contribution < 1.29 is 4.79 Å². The van der Waals surface area contributed by atoms with Gasteiger partial charge in [0.2, 0.25) is 0 Å². The average molecular weight is 342 g/mol. The van der Waals surface area contributed by atoms with Crippen molar-refractivity contribution in [3.05, 3.63) is 34.3 Å². The number of benzene rings is 1. The Morgan fingerprint density at radius 1 is 1.26 bits per heavy atom. The summed E-state index contributed by atoms with van der Waals surface area (Å²) in [4.78, 5) is 12.0. The summed E-state index contributed by atoms with van der Waals surface area (Å²) < 4.78 is 0.854. The van der Waals surface area contributed by atoms with E-state index >= 15 is 0 Å². The first-order valence-corrected chi connectivity index (χ1v) is 8.76. The van der Waals surface area contributed by atoms with Crippen molar-refractivity contribution >= 4 is 33.6 Å². The van der Waals surface area contributed by atoms with Crippen molar-refractivity contribution in [2.24, 2.45) is 0 Å². The minimum Gasteiger partial charge on any atom is -0.351 e. The van der Waals surface area contributed by atoms with E-state index in [1.165, 1.54) is 32.1 Å². The summed E-state index contributed by atoms with van der Waals surface area (Å²) in [5.41, 5.74) is 0.713. The minimum absolute atomic E-state index is 0.0109. The molecule has 0 saturated heterocycles. The molecule has 19 heavy (non-hydrogen) atoms. The Morgan fingerprint density at radius 3 is 2.74 bits per heavy atom. The maximum atomic E-state index is 12.0. The third-order valence-electron chi connectivity index (χ3n) is 3.41. The largest absolute Gasteiger partial charge is 0.351 e. The summed E-state index contributed by atoms with van der Waals surface area (Å²) >= 11 is 5.41. The first-order valence-electron chi connectivity index (χ1n) is 6.91. The van der Waals surface area contributed by atoms with Crippen LogP contribution in [0.5, 0.6) is 0 Å². The Bertz CT molecular complexity index is 418. The molecule has 2 rings (SSSR count). The monoisotopic (exact) mass is 341 g/mol. The molecular formula is C15H20BrNOS. The van der Waals surface area contributed by atoms with Crippen molar-refractivity contribution in [1.29, 1.82) is 0 Å². The van der Waals surface area contributed by atoms with Crippen molar-refractivity contribution in [2.45, 2.75) is 37.4 Å². The molecule has 0 aliphatic heterocycles. The molecule has 0 radical (unpaired) electrons. The van der Waals surface area contributed by atoms with Gasteiger partial charge in [0.05, 0.1) is 5.56 Å². The fourth-order valence-corrected chi connectivity index (χ4v) is 4.05. The molecule has 0 unspecified atom stereocenters. The Labute approximate surface area is 127 Å². The van der Waals surface area contributed by atoms with E-state index in [1.807, 2.05) is 36.0 Å². The van der Waals surface area contributed by atoms with Gasteiger partial charge in [-0.15, -0.1) is 0 Å². The molecule has 1 saturated carbocycles. The number of nitrogens with one attached hydrogen (secondary N) is 1. The van der Waals surface area contributed by atoms with E-state index in [1.54, 1.807) is 0 Å². The lowest BCUT2D eigenvalue weighted by molar-refractivity contribution is 0.0955. The molecule has 0 aromatic heterocycles. The van der Waals surface area contributed by atoms with Gasteiger partial charge < -0.3 is 5.32 Å². The van der Waals surface area contributed by atoms with Crippen LogP contribution in [0, 0.1) is 0 Å². The Hall–Kier alpha value is -0.480. The second-order valence-corrected chi connectivity index (χ2v) is 7.13. The van der Waals surface area contributed by atoms with Gasteiger partial charge in [-0.1, -0.05) is 31.4 Å². The van der Waals surface area contributed by atoms with Crippen LogP contribution in [0.2, 0.25) is 0 Å². The minimum atomic E-state index is 0.0109. The molecule has 1 fully saturated rings. The van der Waals surface area contributed by atoms with Crippen LogP contribution >= 0.6 is 27.7 Å². The molecule has 0 heterocycles. The summed E-state index contributed by atoms with van der Waals surface area (Å²) in [7, 11) is 0. The van der Waals surface area contributed by atoms with Gasteiger partial charge in [-0.25, -0.2) is 0 Å². The van der Waals surface area contributed by atoms with Gasteiger partial charge in [0.25, 0.3) is 5.91 Å². The van der Waals surface area contributed by atoms with Gasteiger partial charge in [0.15, 0.2) is 0 Å². The lowest BCUT2D eigenvalue weighted by Crippen LogP contribution is -2.26. The Morgan fingerprint density at radius 2 is 2.00 bits per heavy atom. The summed E-state index contributed by atoms with van der Waals surface area (Å²) in [5, 5.41) is 3.80. The topological polar surface area (TPSA) is 29.1 Å². The number of carbonyl (C=O) groups is 1. The number of thioether (sulfide) groups is 1. The van der Waals surface area contributed by atoms with Gasteiger partial charge in [-0.3, -0.25) is 4.79 Å². The van der Waals surface area contributed by atoms with E-state index in [4.69, 9.17) is 0 Å². The Balaban J connectivity index is 1.68. The van der Waals surface area contributed by atoms with Gasteiger partial charge in [-0.05, 0) is 40.9 Å². The lowest BCUT2D eigenvalue weighted by Gasteiger charge is -2.20. The molecule has 1 amide bonds. The van der Waals surface area contributed by atoms with E-state index in [-0.39, 0.29) is 5.91 Å². The molecule has 1 aromatic carbocycles. The zero-order chi connectivity index (χ0) is 13.5. The first-order chi connectivity index (χ1) is 9.27. The number of amides is 1. The maximum Gasteiger partial charge on any atom is 0.252 e. The molecule has 1 N–H and O–H groups in total. The molecule has 2 nitrogen and oxygen atoms in total. The summed E-state index contributed by atoms with van der Waals surface area (Å²) in [6, 6.07) is 7.54. The second-order valence-electron chi connectivity index (χ2n) is 4.87. The van der Waals surface area contributed by atoms with E-state index < -0.39 is 0 Å². The normalized spacial score (nSPS) is 16.3. The molecule has 1 aliphatic rings. The van der Waals surface area contributed by atoms with Crippen LogP contribution in [0.15, 0.2) is 28.7 Å². The van der Waals surface area contributed by atoms with Crippen LogP contribution < -0.4 is 5.32 Å². The number of halogens is 1. The predicted octanol–water partition coefficient (Wildman–Crippen LogP) is 4.24. The zero-order valence-corrected chi connectivity index (χ0v) is 13.4. The van der Waals surface area contributed by atoms with E-state index in [9.17, 15) is 4.79 Å². The highest BCUT2D eigenvalue weighted by Gasteiger charge is 2.13. The third-order valence-corrected chi connectivity index (χ3v) is 5.49. The summed E-state index contributed by atoms with van der Waals surface area (Å²) in [6.45, 7) is 0.751.